The monoisotopic (exact) mass is 190 g/mol. The van der Waals surface area contributed by atoms with Gasteiger partial charge in [-0.05, 0) is 30.5 Å². The number of carboxylic acids is 1. The minimum atomic E-state index is -0.791. The third kappa shape index (κ3) is 2.73. The Labute approximate surface area is 83.9 Å². The van der Waals surface area contributed by atoms with Crippen molar-refractivity contribution in [2.24, 2.45) is 0 Å². The molecule has 74 valence electrons. The second kappa shape index (κ2) is 4.61. The van der Waals surface area contributed by atoms with E-state index in [0.29, 0.717) is 0 Å². The number of aliphatic carboxylic acids is 1. The minimum Gasteiger partial charge on any atom is -0.481 e. The normalized spacial score (nSPS) is 11.4. The third-order valence-corrected chi connectivity index (χ3v) is 2.17. The van der Waals surface area contributed by atoms with E-state index in [-0.39, 0.29) is 6.42 Å². The zero-order valence-corrected chi connectivity index (χ0v) is 8.45. The number of hydrogen-bond donors (Lipinski definition) is 1. The molecule has 0 fully saturated rings. The van der Waals surface area contributed by atoms with E-state index in [1.807, 2.05) is 44.2 Å². The van der Waals surface area contributed by atoms with Crippen molar-refractivity contribution >= 4 is 11.5 Å². The largest absolute Gasteiger partial charge is 0.481 e. The van der Waals surface area contributed by atoms with Gasteiger partial charge in [-0.3, -0.25) is 4.79 Å². The van der Waals surface area contributed by atoms with Gasteiger partial charge in [0.05, 0.1) is 6.42 Å². The van der Waals surface area contributed by atoms with Gasteiger partial charge in [0.25, 0.3) is 0 Å². The van der Waals surface area contributed by atoms with Gasteiger partial charge in [-0.15, -0.1) is 0 Å². The highest BCUT2D eigenvalue weighted by Crippen LogP contribution is 2.15. The zero-order valence-electron chi connectivity index (χ0n) is 8.45. The SMILES string of the molecule is C/C=C(\C)c1cccc(CC(=O)O)c1. The van der Waals surface area contributed by atoms with Crippen LogP contribution < -0.4 is 0 Å². The van der Waals surface area contributed by atoms with E-state index in [9.17, 15) is 4.79 Å². The summed E-state index contributed by atoms with van der Waals surface area (Å²) in [5, 5.41) is 8.64. The lowest BCUT2D eigenvalue weighted by molar-refractivity contribution is -0.136. The Morgan fingerprint density at radius 2 is 2.21 bits per heavy atom. The maximum Gasteiger partial charge on any atom is 0.307 e. The van der Waals surface area contributed by atoms with E-state index in [1.165, 1.54) is 0 Å². The number of hydrogen-bond acceptors (Lipinski definition) is 1. The molecule has 0 aliphatic rings. The van der Waals surface area contributed by atoms with Crippen molar-refractivity contribution < 1.29 is 9.90 Å². The van der Waals surface area contributed by atoms with Crippen molar-refractivity contribution in [3.8, 4) is 0 Å². The van der Waals surface area contributed by atoms with Gasteiger partial charge in [0, 0.05) is 0 Å². The molecule has 2 nitrogen and oxygen atoms in total. The van der Waals surface area contributed by atoms with Crippen molar-refractivity contribution in [1.29, 1.82) is 0 Å². The summed E-state index contributed by atoms with van der Waals surface area (Å²) in [5.41, 5.74) is 3.10. The van der Waals surface area contributed by atoms with Gasteiger partial charge in [0.2, 0.25) is 0 Å². The number of carbonyl (C=O) groups is 1. The molecule has 0 saturated heterocycles. The van der Waals surface area contributed by atoms with E-state index in [1.54, 1.807) is 0 Å². The van der Waals surface area contributed by atoms with Crippen LogP contribution in [0.2, 0.25) is 0 Å². The Kier molecular flexibility index (Phi) is 3.46. The summed E-state index contributed by atoms with van der Waals surface area (Å²) in [4.78, 5) is 10.5. The summed E-state index contributed by atoms with van der Waals surface area (Å²) in [6, 6.07) is 7.63. The summed E-state index contributed by atoms with van der Waals surface area (Å²) in [7, 11) is 0. The molecular formula is C12H14O2. The van der Waals surface area contributed by atoms with Crippen LogP contribution in [0, 0.1) is 0 Å². The standard InChI is InChI=1S/C12H14O2/c1-3-9(2)11-6-4-5-10(7-11)8-12(13)14/h3-7H,8H2,1-2H3,(H,13,14)/b9-3+. The van der Waals surface area contributed by atoms with Crippen LogP contribution in [0.5, 0.6) is 0 Å². The van der Waals surface area contributed by atoms with Gasteiger partial charge >= 0.3 is 5.97 Å². The van der Waals surface area contributed by atoms with E-state index >= 15 is 0 Å². The fourth-order valence-corrected chi connectivity index (χ4v) is 1.27. The average Bonchev–Trinajstić information content (AvgIpc) is 2.16. The summed E-state index contributed by atoms with van der Waals surface area (Å²) >= 11 is 0. The quantitative estimate of drug-likeness (QED) is 0.795. The Hall–Kier alpha value is -1.57. The molecule has 0 radical (unpaired) electrons. The van der Waals surface area contributed by atoms with Crippen LogP contribution in [0.1, 0.15) is 25.0 Å². The van der Waals surface area contributed by atoms with Crippen molar-refractivity contribution in [3.05, 3.63) is 41.5 Å². The molecule has 0 amide bonds. The molecular weight excluding hydrogens is 176 g/mol. The average molecular weight is 190 g/mol. The highest BCUT2D eigenvalue weighted by Gasteiger charge is 2.01. The highest BCUT2D eigenvalue weighted by molar-refractivity contribution is 5.71. The van der Waals surface area contributed by atoms with Crippen molar-refractivity contribution in [2.45, 2.75) is 20.3 Å². The molecule has 0 saturated carbocycles. The number of carboxylic acid groups (broad SMARTS) is 1. The first-order chi connectivity index (χ1) is 6.63. The lowest BCUT2D eigenvalue weighted by Gasteiger charge is -2.03. The van der Waals surface area contributed by atoms with Crippen molar-refractivity contribution in [3.63, 3.8) is 0 Å². The molecule has 0 atom stereocenters. The molecule has 0 heterocycles. The number of rotatable bonds is 3. The number of benzene rings is 1. The molecule has 0 unspecified atom stereocenters. The second-order valence-corrected chi connectivity index (χ2v) is 3.24. The molecule has 0 bridgehead atoms. The maximum absolute atomic E-state index is 10.5. The van der Waals surface area contributed by atoms with Crippen LogP contribution in [-0.4, -0.2) is 11.1 Å². The predicted octanol–water partition coefficient (Wildman–Crippen LogP) is 2.74. The molecule has 1 rings (SSSR count). The van der Waals surface area contributed by atoms with Gasteiger partial charge in [-0.1, -0.05) is 30.3 Å². The molecule has 0 aromatic heterocycles. The van der Waals surface area contributed by atoms with Gasteiger partial charge in [-0.25, -0.2) is 0 Å². The molecule has 0 spiro atoms. The second-order valence-electron chi connectivity index (χ2n) is 3.24. The van der Waals surface area contributed by atoms with Gasteiger partial charge in [0.15, 0.2) is 0 Å². The third-order valence-electron chi connectivity index (χ3n) is 2.17. The van der Waals surface area contributed by atoms with Crippen LogP contribution >= 0.6 is 0 Å². The first kappa shape index (κ1) is 10.5. The smallest absolute Gasteiger partial charge is 0.307 e. The molecule has 1 aromatic rings. The molecule has 0 aliphatic carbocycles. The summed E-state index contributed by atoms with van der Waals surface area (Å²) in [6.45, 7) is 3.99. The molecule has 1 aromatic carbocycles. The first-order valence-electron chi connectivity index (χ1n) is 4.57. The van der Waals surface area contributed by atoms with Crippen LogP contribution in [0.4, 0.5) is 0 Å². The van der Waals surface area contributed by atoms with Gasteiger partial charge < -0.3 is 5.11 Å². The number of allylic oxidation sites excluding steroid dienone is 2. The summed E-state index contributed by atoms with van der Waals surface area (Å²) in [6.07, 6.45) is 2.10. The van der Waals surface area contributed by atoms with Crippen LogP contribution in [0.3, 0.4) is 0 Å². The van der Waals surface area contributed by atoms with Crippen LogP contribution in [-0.2, 0) is 11.2 Å². The Balaban J connectivity index is 2.95. The molecule has 1 N–H and O–H groups in total. The first-order valence-corrected chi connectivity index (χ1v) is 4.57. The summed E-state index contributed by atoms with van der Waals surface area (Å²) in [5.74, 6) is -0.791. The van der Waals surface area contributed by atoms with E-state index < -0.39 is 5.97 Å². The molecule has 2 heteroatoms. The van der Waals surface area contributed by atoms with E-state index in [0.717, 1.165) is 16.7 Å². The summed E-state index contributed by atoms with van der Waals surface area (Å²) < 4.78 is 0. The van der Waals surface area contributed by atoms with Crippen molar-refractivity contribution in [1.82, 2.24) is 0 Å². The Morgan fingerprint density at radius 3 is 2.79 bits per heavy atom. The van der Waals surface area contributed by atoms with Gasteiger partial charge in [0.1, 0.15) is 0 Å². The van der Waals surface area contributed by atoms with E-state index in [2.05, 4.69) is 0 Å². The fourth-order valence-electron chi connectivity index (χ4n) is 1.27. The van der Waals surface area contributed by atoms with Crippen molar-refractivity contribution in [2.75, 3.05) is 0 Å². The topological polar surface area (TPSA) is 37.3 Å². The Morgan fingerprint density at radius 1 is 1.50 bits per heavy atom. The van der Waals surface area contributed by atoms with E-state index in [4.69, 9.17) is 5.11 Å². The predicted molar refractivity (Wildman–Crippen MR) is 57.1 cm³/mol. The zero-order chi connectivity index (χ0) is 10.6. The lowest BCUT2D eigenvalue weighted by Crippen LogP contribution is -2.00. The van der Waals surface area contributed by atoms with Gasteiger partial charge in [-0.2, -0.15) is 0 Å². The minimum absolute atomic E-state index is 0.0881. The molecule has 14 heavy (non-hydrogen) atoms. The highest BCUT2D eigenvalue weighted by atomic mass is 16.4. The Bertz CT molecular complexity index is 364. The lowest BCUT2D eigenvalue weighted by atomic mass is 10.0. The molecule has 0 aliphatic heterocycles. The van der Waals surface area contributed by atoms with Crippen LogP contribution in [0.25, 0.3) is 5.57 Å². The maximum atomic E-state index is 10.5. The fraction of sp³-hybridized carbons (Fsp3) is 0.250. The van der Waals surface area contributed by atoms with Crippen LogP contribution in [0.15, 0.2) is 30.3 Å².